The molecule has 1 heterocycles. The Morgan fingerprint density at radius 2 is 2.11 bits per heavy atom. The summed E-state index contributed by atoms with van der Waals surface area (Å²) >= 11 is 6.54. The molecular formula is C10H7ClFNO3S2. The van der Waals surface area contributed by atoms with E-state index >= 15 is 0 Å². The van der Waals surface area contributed by atoms with Gasteiger partial charge in [0, 0.05) is 6.07 Å². The summed E-state index contributed by atoms with van der Waals surface area (Å²) < 4.78 is 38.9. The van der Waals surface area contributed by atoms with Crippen LogP contribution in [0.25, 0.3) is 0 Å². The van der Waals surface area contributed by atoms with E-state index in [2.05, 4.69) is 4.72 Å². The summed E-state index contributed by atoms with van der Waals surface area (Å²) in [5.74, 6) is -1.36. The molecule has 0 fully saturated rings. The monoisotopic (exact) mass is 307 g/mol. The van der Waals surface area contributed by atoms with Crippen molar-refractivity contribution in [3.8, 4) is 5.75 Å². The number of rotatable bonds is 3. The minimum absolute atomic E-state index is 0.0855. The van der Waals surface area contributed by atoms with Crippen molar-refractivity contribution in [2.75, 3.05) is 4.72 Å². The van der Waals surface area contributed by atoms with Crippen LogP contribution in [0.15, 0.2) is 33.9 Å². The number of benzene rings is 1. The molecule has 2 rings (SSSR count). The first kappa shape index (κ1) is 13.1. The zero-order chi connectivity index (χ0) is 13.3. The van der Waals surface area contributed by atoms with Crippen LogP contribution in [0.1, 0.15) is 0 Å². The average Bonchev–Trinajstić information content (AvgIpc) is 2.79. The van der Waals surface area contributed by atoms with Gasteiger partial charge in [-0.1, -0.05) is 17.7 Å². The average molecular weight is 308 g/mol. The first-order valence-corrected chi connectivity index (χ1v) is 7.38. The van der Waals surface area contributed by atoms with Crippen molar-refractivity contribution in [2.24, 2.45) is 0 Å². The minimum atomic E-state index is -3.79. The Bertz CT molecular complexity index is 671. The van der Waals surface area contributed by atoms with E-state index in [1.54, 1.807) is 11.4 Å². The molecule has 0 bridgehead atoms. The highest BCUT2D eigenvalue weighted by Crippen LogP contribution is 2.31. The van der Waals surface area contributed by atoms with Gasteiger partial charge in [-0.3, -0.25) is 4.72 Å². The van der Waals surface area contributed by atoms with Gasteiger partial charge in [-0.15, -0.1) is 11.3 Å². The molecule has 0 amide bonds. The summed E-state index contributed by atoms with van der Waals surface area (Å²) in [5, 5.41) is 10.8. The Hall–Kier alpha value is -1.31. The molecule has 18 heavy (non-hydrogen) atoms. The number of halogens is 2. The molecule has 2 aromatic rings. The third-order valence-corrected chi connectivity index (χ3v) is 5.10. The van der Waals surface area contributed by atoms with Crippen LogP contribution in [0.4, 0.5) is 10.1 Å². The number of thiophene rings is 1. The van der Waals surface area contributed by atoms with Gasteiger partial charge in [0.2, 0.25) is 0 Å². The Balaban J connectivity index is 2.39. The highest BCUT2D eigenvalue weighted by atomic mass is 35.5. The van der Waals surface area contributed by atoms with Crippen LogP contribution in [0.2, 0.25) is 5.02 Å². The lowest BCUT2D eigenvalue weighted by atomic mass is 10.3. The number of anilines is 1. The van der Waals surface area contributed by atoms with Crippen LogP contribution >= 0.6 is 22.9 Å². The van der Waals surface area contributed by atoms with E-state index in [1.807, 2.05) is 0 Å². The van der Waals surface area contributed by atoms with Crippen molar-refractivity contribution in [3.05, 3.63) is 40.5 Å². The van der Waals surface area contributed by atoms with Gasteiger partial charge < -0.3 is 5.11 Å². The molecule has 1 aromatic heterocycles. The molecule has 0 spiro atoms. The van der Waals surface area contributed by atoms with Gasteiger partial charge in [0.1, 0.15) is 15.8 Å². The molecule has 4 nitrogen and oxygen atoms in total. The smallest absolute Gasteiger partial charge is 0.271 e. The molecule has 0 atom stereocenters. The molecular weight excluding hydrogens is 301 g/mol. The molecule has 0 unspecified atom stereocenters. The summed E-state index contributed by atoms with van der Waals surface area (Å²) in [6.07, 6.45) is 0. The van der Waals surface area contributed by atoms with E-state index in [0.717, 1.165) is 23.5 Å². The maximum absolute atomic E-state index is 13.0. The lowest BCUT2D eigenvalue weighted by Gasteiger charge is -2.08. The fourth-order valence-electron chi connectivity index (χ4n) is 1.23. The first-order chi connectivity index (χ1) is 8.40. The number of hydrogen-bond acceptors (Lipinski definition) is 4. The number of phenols is 1. The summed E-state index contributed by atoms with van der Waals surface area (Å²) in [7, 11) is -3.79. The molecule has 8 heteroatoms. The maximum Gasteiger partial charge on any atom is 0.271 e. The van der Waals surface area contributed by atoms with Gasteiger partial charge in [0.25, 0.3) is 10.0 Å². The van der Waals surface area contributed by atoms with Gasteiger partial charge in [0.05, 0.1) is 10.7 Å². The summed E-state index contributed by atoms with van der Waals surface area (Å²) in [6, 6.07) is 4.75. The van der Waals surface area contributed by atoms with Gasteiger partial charge in [-0.05, 0) is 17.5 Å². The first-order valence-electron chi connectivity index (χ1n) is 4.64. The van der Waals surface area contributed by atoms with E-state index in [1.165, 1.54) is 6.07 Å². The van der Waals surface area contributed by atoms with E-state index in [9.17, 15) is 17.9 Å². The Kier molecular flexibility index (Phi) is 3.47. The normalized spacial score (nSPS) is 11.4. The zero-order valence-electron chi connectivity index (χ0n) is 8.72. The standard InChI is InChI=1S/C10H7ClFNO3S2/c11-6-4-8(9(14)5-7(6)12)13-18(15,16)10-2-1-3-17-10/h1-5,13-14H. The van der Waals surface area contributed by atoms with E-state index in [-0.39, 0.29) is 14.9 Å². The van der Waals surface area contributed by atoms with E-state index < -0.39 is 21.6 Å². The lowest BCUT2D eigenvalue weighted by molar-refractivity contribution is 0.471. The highest BCUT2D eigenvalue weighted by Gasteiger charge is 2.18. The molecule has 0 radical (unpaired) electrons. The van der Waals surface area contributed by atoms with Crippen molar-refractivity contribution >= 4 is 38.6 Å². The van der Waals surface area contributed by atoms with Crippen molar-refractivity contribution in [2.45, 2.75) is 4.21 Å². The number of hydrogen-bond donors (Lipinski definition) is 2. The second kappa shape index (κ2) is 4.75. The number of phenolic OH excluding ortho intramolecular Hbond substituents is 1. The Morgan fingerprint density at radius 1 is 1.39 bits per heavy atom. The SMILES string of the molecule is O=S(=O)(Nc1cc(Cl)c(F)cc1O)c1cccs1. The molecule has 0 saturated carbocycles. The summed E-state index contributed by atoms with van der Waals surface area (Å²) in [5.41, 5.74) is -0.171. The summed E-state index contributed by atoms with van der Waals surface area (Å²) in [4.78, 5) is 0. The quantitative estimate of drug-likeness (QED) is 0.857. The second-order valence-corrected chi connectivity index (χ2v) is 6.59. The lowest BCUT2D eigenvalue weighted by Crippen LogP contribution is -2.11. The predicted octanol–water partition coefficient (Wildman–Crippen LogP) is 3.05. The number of sulfonamides is 1. The van der Waals surface area contributed by atoms with Crippen molar-refractivity contribution in [3.63, 3.8) is 0 Å². The third kappa shape index (κ3) is 2.58. The number of nitrogens with one attached hydrogen (secondary N) is 1. The van der Waals surface area contributed by atoms with Crippen molar-refractivity contribution < 1.29 is 17.9 Å². The molecule has 0 saturated heterocycles. The van der Waals surface area contributed by atoms with Crippen LogP contribution in [0.3, 0.4) is 0 Å². The van der Waals surface area contributed by atoms with E-state index in [4.69, 9.17) is 11.6 Å². The largest absolute Gasteiger partial charge is 0.506 e. The fraction of sp³-hybridized carbons (Fsp3) is 0. The molecule has 0 aliphatic carbocycles. The van der Waals surface area contributed by atoms with Crippen LogP contribution in [0, 0.1) is 5.82 Å². The van der Waals surface area contributed by atoms with Gasteiger partial charge in [-0.25, -0.2) is 12.8 Å². The molecule has 1 aromatic carbocycles. The number of aromatic hydroxyl groups is 1. The van der Waals surface area contributed by atoms with Crippen LogP contribution in [0.5, 0.6) is 5.75 Å². The highest BCUT2D eigenvalue weighted by molar-refractivity contribution is 7.94. The predicted molar refractivity (Wildman–Crippen MR) is 68.2 cm³/mol. The molecule has 96 valence electrons. The zero-order valence-corrected chi connectivity index (χ0v) is 11.1. The van der Waals surface area contributed by atoms with Crippen LogP contribution < -0.4 is 4.72 Å². The fourth-order valence-corrected chi connectivity index (χ4v) is 3.45. The van der Waals surface area contributed by atoms with Crippen molar-refractivity contribution in [1.29, 1.82) is 0 Å². The topological polar surface area (TPSA) is 66.4 Å². The maximum atomic E-state index is 13.0. The van der Waals surface area contributed by atoms with Gasteiger partial charge >= 0.3 is 0 Å². The molecule has 2 N–H and O–H groups in total. The Morgan fingerprint density at radius 3 is 2.72 bits per heavy atom. The minimum Gasteiger partial charge on any atom is -0.506 e. The molecule has 0 aliphatic heterocycles. The van der Waals surface area contributed by atoms with Gasteiger partial charge in [0.15, 0.2) is 0 Å². The summed E-state index contributed by atoms with van der Waals surface area (Å²) in [6.45, 7) is 0. The third-order valence-electron chi connectivity index (χ3n) is 2.04. The van der Waals surface area contributed by atoms with Gasteiger partial charge in [-0.2, -0.15) is 0 Å². The second-order valence-electron chi connectivity index (χ2n) is 3.32. The van der Waals surface area contributed by atoms with Crippen LogP contribution in [-0.4, -0.2) is 13.5 Å². The van der Waals surface area contributed by atoms with Crippen LogP contribution in [-0.2, 0) is 10.0 Å². The van der Waals surface area contributed by atoms with Crippen molar-refractivity contribution in [1.82, 2.24) is 0 Å². The Labute approximate surface area is 112 Å². The van der Waals surface area contributed by atoms with E-state index in [0.29, 0.717) is 0 Å². The molecule has 0 aliphatic rings.